The number of amides is 2. The second-order valence-corrected chi connectivity index (χ2v) is 4.36. The summed E-state index contributed by atoms with van der Waals surface area (Å²) in [6, 6.07) is 4.27. The van der Waals surface area contributed by atoms with Gasteiger partial charge in [-0.15, -0.1) is 0 Å². The van der Waals surface area contributed by atoms with E-state index in [2.05, 4.69) is 4.74 Å². The number of imide groups is 1. The predicted molar refractivity (Wildman–Crippen MR) is 68.2 cm³/mol. The lowest BCUT2D eigenvalue weighted by molar-refractivity contribution is -0.137. The topological polar surface area (TPSA) is 80.8 Å². The van der Waals surface area contributed by atoms with Gasteiger partial charge in [-0.1, -0.05) is 12.1 Å². The van der Waals surface area contributed by atoms with Gasteiger partial charge in [-0.2, -0.15) is 0 Å². The number of likely N-dealkylation sites (N-methyl/N-ethyl adjacent to an activating group) is 1. The minimum atomic E-state index is -0.958. The van der Waals surface area contributed by atoms with Crippen molar-refractivity contribution in [3.05, 3.63) is 34.9 Å². The predicted octanol–water partition coefficient (Wildman–Crippen LogP) is 0.587. The maximum absolute atomic E-state index is 12.0. The molecule has 104 valence electrons. The number of fused-ring (bicyclic) bond motifs is 1. The largest absolute Gasteiger partial charge is 0.460 e. The number of ether oxygens (including phenoxy) is 1. The molecule has 0 radical (unpaired) electrons. The molecule has 6 heteroatoms. The molecule has 1 aromatic carbocycles. The van der Waals surface area contributed by atoms with Crippen molar-refractivity contribution in [2.45, 2.75) is 13.3 Å². The number of rotatable bonds is 3. The minimum absolute atomic E-state index is 0.0818. The van der Waals surface area contributed by atoms with E-state index in [1.165, 1.54) is 25.2 Å². The summed E-state index contributed by atoms with van der Waals surface area (Å²) >= 11 is 0. The van der Waals surface area contributed by atoms with Gasteiger partial charge < -0.3 is 4.74 Å². The van der Waals surface area contributed by atoms with Crippen molar-refractivity contribution in [2.75, 3.05) is 13.7 Å². The van der Waals surface area contributed by atoms with Gasteiger partial charge in [-0.3, -0.25) is 19.3 Å². The Bertz CT molecular complexity index is 620. The summed E-state index contributed by atoms with van der Waals surface area (Å²) < 4.78 is 4.63. The Balaban J connectivity index is 2.37. The number of esters is 1. The molecule has 0 unspecified atom stereocenters. The van der Waals surface area contributed by atoms with Crippen LogP contribution in [0.5, 0.6) is 0 Å². The first-order valence-electron chi connectivity index (χ1n) is 6.11. The summed E-state index contributed by atoms with van der Waals surface area (Å²) in [5.41, 5.74) is 0.902. The Kier molecular flexibility index (Phi) is 3.65. The van der Waals surface area contributed by atoms with Gasteiger partial charge in [-0.25, -0.2) is 4.79 Å². The molecule has 1 aliphatic heterocycles. The number of carbonyl (C=O) groups excluding carboxylic acids is 4. The van der Waals surface area contributed by atoms with Gasteiger partial charge in [-0.05, 0) is 18.6 Å². The summed E-state index contributed by atoms with van der Waals surface area (Å²) in [4.78, 5) is 47.7. The van der Waals surface area contributed by atoms with Crippen LogP contribution < -0.4 is 0 Å². The third-order valence-corrected chi connectivity index (χ3v) is 3.08. The fraction of sp³-hybridized carbons (Fsp3) is 0.286. The van der Waals surface area contributed by atoms with Gasteiger partial charge in [0.05, 0.1) is 13.0 Å². The van der Waals surface area contributed by atoms with E-state index < -0.39 is 17.7 Å². The van der Waals surface area contributed by atoms with Crippen LogP contribution in [-0.4, -0.2) is 42.1 Å². The highest BCUT2D eigenvalue weighted by Crippen LogP contribution is 2.20. The molecule has 0 atom stereocenters. The molecule has 0 saturated heterocycles. The summed E-state index contributed by atoms with van der Waals surface area (Å²) in [7, 11) is 1.38. The molecule has 1 heterocycles. The number of ketones is 1. The highest BCUT2D eigenvalue weighted by Gasteiger charge is 2.29. The first kappa shape index (κ1) is 13.9. The highest BCUT2D eigenvalue weighted by atomic mass is 16.5. The Hall–Kier alpha value is -2.50. The third kappa shape index (κ3) is 2.32. The molecule has 1 aliphatic rings. The van der Waals surface area contributed by atoms with Crippen LogP contribution in [0, 0.1) is 0 Å². The van der Waals surface area contributed by atoms with E-state index in [0.717, 1.165) is 4.90 Å². The van der Waals surface area contributed by atoms with Crippen molar-refractivity contribution in [1.29, 1.82) is 0 Å². The zero-order chi connectivity index (χ0) is 14.9. The van der Waals surface area contributed by atoms with Crippen LogP contribution in [0.2, 0.25) is 0 Å². The summed E-state index contributed by atoms with van der Waals surface area (Å²) in [6.07, 6.45) is 0.103. The first-order chi connectivity index (χ1) is 9.45. The van der Waals surface area contributed by atoms with Crippen molar-refractivity contribution < 1.29 is 23.9 Å². The molecular formula is C14H13NO5. The van der Waals surface area contributed by atoms with Crippen LogP contribution in [0.1, 0.15) is 33.2 Å². The first-order valence-corrected chi connectivity index (χ1v) is 6.11. The van der Waals surface area contributed by atoms with Gasteiger partial charge in [0.15, 0.2) is 0 Å². The van der Waals surface area contributed by atoms with Gasteiger partial charge in [0.25, 0.3) is 11.7 Å². The molecule has 2 amide bonds. The van der Waals surface area contributed by atoms with E-state index >= 15 is 0 Å². The van der Waals surface area contributed by atoms with Crippen LogP contribution in [0.4, 0.5) is 0 Å². The lowest BCUT2D eigenvalue weighted by atomic mass is 9.95. The molecule has 0 aromatic heterocycles. The van der Waals surface area contributed by atoms with Gasteiger partial charge in [0.1, 0.15) is 0 Å². The molecule has 0 saturated carbocycles. The fourth-order valence-electron chi connectivity index (χ4n) is 1.96. The van der Waals surface area contributed by atoms with Crippen LogP contribution >= 0.6 is 0 Å². The average Bonchev–Trinajstić information content (AvgIpc) is 2.44. The van der Waals surface area contributed by atoms with E-state index in [-0.39, 0.29) is 30.1 Å². The summed E-state index contributed by atoms with van der Waals surface area (Å²) in [5.74, 6) is -2.54. The number of nitrogens with zero attached hydrogens (tertiary/aromatic N) is 1. The SMILES string of the molecule is CCOC(=O)C(=O)c1ccc2c(c1)C(=O)N(C)C(=O)C2. The van der Waals surface area contributed by atoms with Crippen molar-refractivity contribution in [3.63, 3.8) is 0 Å². The van der Waals surface area contributed by atoms with E-state index in [0.29, 0.717) is 5.56 Å². The Labute approximate surface area is 115 Å². The Morgan fingerprint density at radius 3 is 2.65 bits per heavy atom. The van der Waals surface area contributed by atoms with E-state index in [1.807, 2.05) is 0 Å². The highest BCUT2D eigenvalue weighted by molar-refractivity contribution is 6.40. The lowest BCUT2D eigenvalue weighted by Gasteiger charge is -2.23. The van der Waals surface area contributed by atoms with Crippen LogP contribution in [0.15, 0.2) is 18.2 Å². The monoisotopic (exact) mass is 275 g/mol. The second-order valence-electron chi connectivity index (χ2n) is 4.36. The van der Waals surface area contributed by atoms with Crippen molar-refractivity contribution >= 4 is 23.6 Å². The zero-order valence-corrected chi connectivity index (χ0v) is 11.1. The maximum atomic E-state index is 12.0. The zero-order valence-electron chi connectivity index (χ0n) is 11.1. The number of hydrogen-bond acceptors (Lipinski definition) is 5. The number of benzene rings is 1. The van der Waals surface area contributed by atoms with E-state index in [4.69, 9.17) is 0 Å². The number of carbonyl (C=O) groups is 4. The molecule has 0 fully saturated rings. The number of hydrogen-bond donors (Lipinski definition) is 0. The summed E-state index contributed by atoms with van der Waals surface area (Å²) in [5, 5.41) is 0. The quantitative estimate of drug-likeness (QED) is 0.349. The van der Waals surface area contributed by atoms with E-state index in [9.17, 15) is 19.2 Å². The lowest BCUT2D eigenvalue weighted by Crippen LogP contribution is -2.39. The second kappa shape index (κ2) is 5.24. The molecule has 6 nitrogen and oxygen atoms in total. The molecule has 1 aromatic rings. The van der Waals surface area contributed by atoms with Gasteiger partial charge >= 0.3 is 5.97 Å². The number of Topliss-reactive ketones (excluding diaryl/α,β-unsaturated/α-hetero) is 1. The van der Waals surface area contributed by atoms with Crippen molar-refractivity contribution in [3.8, 4) is 0 Å². The average molecular weight is 275 g/mol. The molecule has 0 spiro atoms. The Morgan fingerprint density at radius 2 is 2.00 bits per heavy atom. The standard InChI is InChI=1S/C14H13NO5/c1-3-20-14(19)12(17)9-5-4-8-7-11(16)15(2)13(18)10(8)6-9/h4-6H,3,7H2,1-2H3. The van der Waals surface area contributed by atoms with Crippen molar-refractivity contribution in [1.82, 2.24) is 4.90 Å². The molecule has 0 N–H and O–H groups in total. The molecule has 0 aliphatic carbocycles. The summed E-state index contributed by atoms with van der Waals surface area (Å²) in [6.45, 7) is 1.70. The van der Waals surface area contributed by atoms with Gasteiger partial charge in [0.2, 0.25) is 5.91 Å². The molecular weight excluding hydrogens is 262 g/mol. The molecule has 20 heavy (non-hydrogen) atoms. The van der Waals surface area contributed by atoms with E-state index in [1.54, 1.807) is 6.92 Å². The minimum Gasteiger partial charge on any atom is -0.460 e. The Morgan fingerprint density at radius 1 is 1.30 bits per heavy atom. The normalized spacial score (nSPS) is 14.0. The van der Waals surface area contributed by atoms with Crippen LogP contribution in [0.25, 0.3) is 0 Å². The maximum Gasteiger partial charge on any atom is 0.379 e. The molecule has 2 rings (SSSR count). The molecule has 0 bridgehead atoms. The van der Waals surface area contributed by atoms with Crippen LogP contribution in [-0.2, 0) is 20.7 Å². The smallest absolute Gasteiger partial charge is 0.379 e. The third-order valence-electron chi connectivity index (χ3n) is 3.08. The van der Waals surface area contributed by atoms with Crippen LogP contribution in [0.3, 0.4) is 0 Å². The van der Waals surface area contributed by atoms with Crippen molar-refractivity contribution in [2.24, 2.45) is 0 Å². The fourth-order valence-corrected chi connectivity index (χ4v) is 1.96. The van der Waals surface area contributed by atoms with Gasteiger partial charge in [0, 0.05) is 18.2 Å².